The second-order valence-electron chi connectivity index (χ2n) is 3.53. The molecule has 1 aromatic rings. The smallest absolute Gasteiger partial charge is 0.496 e. The van der Waals surface area contributed by atoms with Gasteiger partial charge in [-0.05, 0) is 23.6 Å². The zero-order valence-electron chi connectivity index (χ0n) is 10.3. The van der Waals surface area contributed by atoms with E-state index in [0.717, 1.165) is 17.7 Å². The fraction of sp³-hybridized carbons (Fsp3) is 0.364. The van der Waals surface area contributed by atoms with Crippen LogP contribution in [0.15, 0.2) is 18.2 Å². The average molecular weight is 280 g/mol. The van der Waals surface area contributed by atoms with Crippen LogP contribution in [0, 0.1) is 0 Å². The van der Waals surface area contributed by atoms with E-state index in [9.17, 15) is 4.79 Å². The van der Waals surface area contributed by atoms with Crippen molar-refractivity contribution >= 4 is 16.8 Å². The number of ether oxygens (including phenoxy) is 1. The van der Waals surface area contributed by atoms with E-state index in [0.29, 0.717) is 18.6 Å². The van der Waals surface area contributed by atoms with Gasteiger partial charge in [0.2, 0.25) is 0 Å². The minimum atomic E-state index is -2.86. The number of ketones is 1. The number of rotatable bonds is 1. The Kier molecular flexibility index (Phi) is 8.47. The van der Waals surface area contributed by atoms with Gasteiger partial charge in [0, 0.05) is 23.8 Å². The van der Waals surface area contributed by atoms with Crippen LogP contribution in [0.4, 0.5) is 0 Å². The Morgan fingerprint density at radius 1 is 1.28 bits per heavy atom. The van der Waals surface area contributed by atoms with Crippen molar-refractivity contribution in [1.29, 1.82) is 0 Å². The van der Waals surface area contributed by atoms with E-state index in [1.54, 1.807) is 7.11 Å². The molecule has 7 heteroatoms. The van der Waals surface area contributed by atoms with Gasteiger partial charge in [0.15, 0.2) is 0 Å². The molecular formula is C11H13NaO5S. The molecule has 0 amide bonds. The number of methoxy groups -OCH3 is 1. The molecule has 0 heterocycles. The van der Waals surface area contributed by atoms with Gasteiger partial charge >= 0.3 is 29.6 Å². The van der Waals surface area contributed by atoms with Crippen LogP contribution in [0.5, 0.6) is 5.75 Å². The third-order valence-electron chi connectivity index (χ3n) is 2.49. The van der Waals surface area contributed by atoms with Gasteiger partial charge in [0.25, 0.3) is 0 Å². The maximum atomic E-state index is 11.2. The molecule has 0 atom stereocenters. The summed E-state index contributed by atoms with van der Waals surface area (Å²) in [5, 5.41) is 0. The maximum Gasteiger partial charge on any atom is 1.00 e. The van der Waals surface area contributed by atoms with Crippen LogP contribution in [-0.4, -0.2) is 17.4 Å². The minimum Gasteiger partial charge on any atom is -0.496 e. The Balaban J connectivity index is 0.000000512. The summed E-state index contributed by atoms with van der Waals surface area (Å²) < 4.78 is 29.3. The van der Waals surface area contributed by atoms with Crippen LogP contribution >= 0.6 is 0 Å². The quantitative estimate of drug-likeness (QED) is 0.294. The summed E-state index contributed by atoms with van der Waals surface area (Å²) in [7, 11) is -1.19. The molecule has 1 aliphatic carbocycles. The van der Waals surface area contributed by atoms with Crippen molar-refractivity contribution < 1.29 is 52.1 Å². The Bertz CT molecular complexity index is 476. The van der Waals surface area contributed by atoms with E-state index in [1.165, 1.54) is 5.56 Å². The first-order chi connectivity index (χ1) is 8.04. The molecule has 2 rings (SSSR count). The largest absolute Gasteiger partial charge is 1.00 e. The number of fused-ring (bicyclic) bond motifs is 1. The van der Waals surface area contributed by atoms with E-state index < -0.39 is 11.0 Å². The predicted octanol–water partition coefficient (Wildman–Crippen LogP) is -1.47. The number of hydrogen-bond donors (Lipinski definition) is 1. The van der Waals surface area contributed by atoms with Gasteiger partial charge in [0.05, 0.1) is 7.11 Å². The van der Waals surface area contributed by atoms with E-state index >= 15 is 0 Å². The maximum absolute atomic E-state index is 11.2. The van der Waals surface area contributed by atoms with Crippen molar-refractivity contribution in [1.82, 2.24) is 0 Å². The van der Waals surface area contributed by atoms with Gasteiger partial charge in [-0.25, -0.2) is 0 Å². The zero-order valence-corrected chi connectivity index (χ0v) is 13.2. The summed E-state index contributed by atoms with van der Waals surface area (Å²) in [6.45, 7) is 0. The summed E-state index contributed by atoms with van der Waals surface area (Å²) >= 11 is 0. The molecule has 5 nitrogen and oxygen atoms in total. The SMILES string of the molecule is COc1cccc2c1CCC(=O)C2.O=[S-](=O)O.[Na+]. The van der Waals surface area contributed by atoms with E-state index in [-0.39, 0.29) is 29.6 Å². The molecule has 0 aromatic heterocycles. The van der Waals surface area contributed by atoms with Gasteiger partial charge in [0.1, 0.15) is 11.5 Å². The number of carbonyl (C=O) groups excluding carboxylic acids is 1. The molecule has 1 N–H and O–H groups in total. The number of Topliss-reactive ketones (excluding diaryl/α,β-unsaturated/α-hetero) is 1. The van der Waals surface area contributed by atoms with Crippen LogP contribution < -0.4 is 34.3 Å². The Labute approximate surface area is 130 Å². The third-order valence-corrected chi connectivity index (χ3v) is 2.49. The summed E-state index contributed by atoms with van der Waals surface area (Å²) in [5.41, 5.74) is 2.35. The zero-order chi connectivity index (χ0) is 12.8. The molecule has 0 fully saturated rings. The van der Waals surface area contributed by atoms with Crippen molar-refractivity contribution in [2.45, 2.75) is 19.3 Å². The molecule has 1 aromatic carbocycles. The molecule has 0 radical (unpaired) electrons. The fourth-order valence-electron chi connectivity index (χ4n) is 1.82. The molecule has 18 heavy (non-hydrogen) atoms. The number of benzene rings is 1. The first kappa shape index (κ1) is 17.6. The first-order valence-electron chi connectivity index (χ1n) is 4.99. The molecule has 0 bridgehead atoms. The van der Waals surface area contributed by atoms with Crippen LogP contribution in [0.3, 0.4) is 0 Å². The average Bonchev–Trinajstić information content (AvgIpc) is 2.27. The van der Waals surface area contributed by atoms with Crippen LogP contribution in [0.2, 0.25) is 0 Å². The number of carbonyl (C=O) groups is 1. The van der Waals surface area contributed by atoms with Crippen molar-refractivity contribution in [2.24, 2.45) is 0 Å². The van der Waals surface area contributed by atoms with Crippen LogP contribution in [0.1, 0.15) is 17.5 Å². The summed E-state index contributed by atoms with van der Waals surface area (Å²) in [6, 6.07) is 5.90. The van der Waals surface area contributed by atoms with Crippen LogP contribution in [-0.2, 0) is 37.0 Å². The molecule has 1 aliphatic rings. The summed E-state index contributed by atoms with van der Waals surface area (Å²) in [4.78, 5) is 11.2. The normalized spacial score (nSPS) is 12.9. The Morgan fingerprint density at radius 3 is 2.44 bits per heavy atom. The standard InChI is InChI=1S/C11H12O2.Na.HO3S/c1-13-11-4-2-3-8-7-9(12)5-6-10(8)11;;1-4(2)3/h2-4H,5-7H2,1H3;;(H,1,2,3)/q;+1;-1. The Hall–Kier alpha value is -0.400. The van der Waals surface area contributed by atoms with Gasteiger partial charge in [-0.1, -0.05) is 12.1 Å². The topological polar surface area (TPSA) is 80.7 Å². The van der Waals surface area contributed by atoms with Crippen molar-refractivity contribution in [2.75, 3.05) is 7.11 Å². The van der Waals surface area contributed by atoms with E-state index in [1.807, 2.05) is 18.2 Å². The summed E-state index contributed by atoms with van der Waals surface area (Å²) in [6.07, 6.45) is 2.07. The van der Waals surface area contributed by atoms with Gasteiger partial charge in [-0.15, -0.1) is 0 Å². The number of hydrogen-bond acceptors (Lipinski definition) is 5. The van der Waals surface area contributed by atoms with Gasteiger partial charge < -0.3 is 17.7 Å². The molecule has 0 saturated heterocycles. The Morgan fingerprint density at radius 2 is 1.89 bits per heavy atom. The predicted molar refractivity (Wildman–Crippen MR) is 61.4 cm³/mol. The second kappa shape index (κ2) is 8.66. The van der Waals surface area contributed by atoms with E-state index in [4.69, 9.17) is 17.7 Å². The molecule has 0 unspecified atom stereocenters. The molecule has 0 saturated carbocycles. The van der Waals surface area contributed by atoms with Crippen molar-refractivity contribution in [3.05, 3.63) is 29.3 Å². The van der Waals surface area contributed by atoms with Gasteiger partial charge in [-0.2, -0.15) is 0 Å². The first-order valence-corrected chi connectivity index (χ1v) is 6.02. The van der Waals surface area contributed by atoms with E-state index in [2.05, 4.69) is 0 Å². The van der Waals surface area contributed by atoms with Crippen molar-refractivity contribution in [3.63, 3.8) is 0 Å². The van der Waals surface area contributed by atoms with Crippen LogP contribution in [0.25, 0.3) is 0 Å². The second-order valence-corrected chi connectivity index (χ2v) is 3.96. The molecule has 94 valence electrons. The third kappa shape index (κ3) is 5.49. The monoisotopic (exact) mass is 280 g/mol. The van der Waals surface area contributed by atoms with Crippen molar-refractivity contribution in [3.8, 4) is 5.75 Å². The fourth-order valence-corrected chi connectivity index (χ4v) is 1.82. The van der Waals surface area contributed by atoms with Gasteiger partial charge in [-0.3, -0.25) is 4.79 Å². The molecule has 0 spiro atoms. The molecular weight excluding hydrogens is 267 g/mol. The molecule has 0 aliphatic heterocycles. The summed E-state index contributed by atoms with van der Waals surface area (Å²) in [5.74, 6) is 1.26. The minimum absolute atomic E-state index is 0.